The van der Waals surface area contributed by atoms with E-state index in [0.717, 1.165) is 41.7 Å². The average Bonchev–Trinajstić information content (AvgIpc) is 2.97. The summed E-state index contributed by atoms with van der Waals surface area (Å²) in [5.74, 6) is 1.61. The first-order chi connectivity index (χ1) is 10.8. The maximum Gasteiger partial charge on any atom is 0.187 e. The Bertz CT molecular complexity index is 778. The minimum absolute atomic E-state index is 0.641. The summed E-state index contributed by atoms with van der Waals surface area (Å²) in [5, 5.41) is 8.09. The van der Waals surface area contributed by atoms with Crippen LogP contribution in [0.1, 0.15) is 24.3 Å². The number of H-pyrrole nitrogens is 1. The van der Waals surface area contributed by atoms with E-state index in [1.807, 2.05) is 0 Å². The number of hydrogen-bond acceptors (Lipinski definition) is 4. The van der Waals surface area contributed by atoms with E-state index in [-0.39, 0.29) is 0 Å². The van der Waals surface area contributed by atoms with E-state index in [1.54, 1.807) is 6.33 Å². The number of benzene rings is 1. The molecular weight excluding hydrogens is 342 g/mol. The fourth-order valence-corrected chi connectivity index (χ4v) is 3.64. The Morgan fingerprint density at radius 3 is 2.64 bits per heavy atom. The average molecular weight is 358 g/mol. The highest BCUT2D eigenvalue weighted by Crippen LogP contribution is 2.33. The van der Waals surface area contributed by atoms with Gasteiger partial charge in [-0.1, -0.05) is 30.3 Å². The second-order valence-corrected chi connectivity index (χ2v) is 6.40. The van der Waals surface area contributed by atoms with Gasteiger partial charge in [0.05, 0.1) is 5.39 Å². The van der Waals surface area contributed by atoms with Crippen molar-refractivity contribution in [3.63, 3.8) is 0 Å². The van der Waals surface area contributed by atoms with E-state index in [1.165, 1.54) is 5.56 Å². The normalized spacial score (nSPS) is 16.3. The third-order valence-corrected chi connectivity index (χ3v) is 4.93. The molecule has 0 atom stereocenters. The van der Waals surface area contributed by atoms with Crippen LogP contribution in [0.3, 0.4) is 0 Å². The molecule has 5 nitrogen and oxygen atoms in total. The minimum Gasteiger partial charge on any atom is -0.356 e. The molecule has 0 spiro atoms. The number of fused-ring (bicyclic) bond motifs is 1. The summed E-state index contributed by atoms with van der Waals surface area (Å²) >= 11 is 3.51. The monoisotopic (exact) mass is 357 g/mol. The summed E-state index contributed by atoms with van der Waals surface area (Å²) < 4.78 is 0.850. The lowest BCUT2D eigenvalue weighted by atomic mass is 9.89. The van der Waals surface area contributed by atoms with Crippen molar-refractivity contribution in [3.8, 4) is 0 Å². The summed E-state index contributed by atoms with van der Waals surface area (Å²) in [6.07, 6.45) is 3.88. The van der Waals surface area contributed by atoms with Crippen molar-refractivity contribution in [2.45, 2.75) is 18.8 Å². The van der Waals surface area contributed by atoms with E-state index in [9.17, 15) is 0 Å². The third kappa shape index (κ3) is 2.37. The molecule has 3 aromatic rings. The molecule has 1 N–H and O–H groups in total. The lowest BCUT2D eigenvalue weighted by molar-refractivity contribution is 0.503. The Balaban J connectivity index is 1.57. The molecule has 112 valence electrons. The van der Waals surface area contributed by atoms with Crippen molar-refractivity contribution in [1.29, 1.82) is 0 Å². The second-order valence-electron chi connectivity index (χ2n) is 5.61. The van der Waals surface area contributed by atoms with Crippen molar-refractivity contribution >= 4 is 32.8 Å². The van der Waals surface area contributed by atoms with Crippen LogP contribution in [0, 0.1) is 0 Å². The van der Waals surface area contributed by atoms with E-state index in [4.69, 9.17) is 0 Å². The predicted octanol–water partition coefficient (Wildman–Crippen LogP) is 3.50. The van der Waals surface area contributed by atoms with Gasteiger partial charge in [0.1, 0.15) is 16.7 Å². The number of aromatic nitrogens is 4. The summed E-state index contributed by atoms with van der Waals surface area (Å²) in [4.78, 5) is 11.0. The van der Waals surface area contributed by atoms with Gasteiger partial charge in [-0.3, -0.25) is 5.10 Å². The summed E-state index contributed by atoms with van der Waals surface area (Å²) in [6.45, 7) is 2.01. The van der Waals surface area contributed by atoms with E-state index in [0.29, 0.717) is 11.6 Å². The Morgan fingerprint density at radius 2 is 1.86 bits per heavy atom. The largest absolute Gasteiger partial charge is 0.356 e. The van der Waals surface area contributed by atoms with Crippen molar-refractivity contribution < 1.29 is 0 Å². The zero-order valence-electron chi connectivity index (χ0n) is 12.0. The lowest BCUT2D eigenvalue weighted by Gasteiger charge is -2.33. The Kier molecular flexibility index (Phi) is 3.54. The molecule has 22 heavy (non-hydrogen) atoms. The lowest BCUT2D eigenvalue weighted by Crippen LogP contribution is -2.33. The van der Waals surface area contributed by atoms with Gasteiger partial charge in [0.25, 0.3) is 0 Å². The van der Waals surface area contributed by atoms with Crippen LogP contribution in [0.4, 0.5) is 5.82 Å². The van der Waals surface area contributed by atoms with Gasteiger partial charge in [-0.25, -0.2) is 9.97 Å². The smallest absolute Gasteiger partial charge is 0.187 e. The van der Waals surface area contributed by atoms with Gasteiger partial charge in [-0.15, -0.1) is 0 Å². The molecule has 1 saturated heterocycles. The molecule has 2 aromatic heterocycles. The number of anilines is 1. The van der Waals surface area contributed by atoms with Crippen LogP contribution < -0.4 is 4.90 Å². The van der Waals surface area contributed by atoms with Crippen LogP contribution in [0.25, 0.3) is 11.0 Å². The number of nitrogens with zero attached hydrogens (tertiary/aromatic N) is 4. The van der Waals surface area contributed by atoms with E-state index < -0.39 is 0 Å². The number of hydrogen-bond donors (Lipinski definition) is 1. The van der Waals surface area contributed by atoms with Crippen LogP contribution in [0.15, 0.2) is 41.3 Å². The van der Waals surface area contributed by atoms with Crippen LogP contribution in [0.2, 0.25) is 0 Å². The standard InChI is InChI=1S/C16H16BrN5/c17-14-13-15(21-20-14)18-10-19-16(13)22-8-6-12(7-9-22)11-4-2-1-3-5-11/h1-5,10,12H,6-9H2,(H,18,19,20,21). The van der Waals surface area contributed by atoms with Gasteiger partial charge in [-0.2, -0.15) is 5.10 Å². The topological polar surface area (TPSA) is 57.7 Å². The summed E-state index contributed by atoms with van der Waals surface area (Å²) in [6, 6.07) is 10.8. The maximum atomic E-state index is 4.49. The number of nitrogens with one attached hydrogen (secondary N) is 1. The van der Waals surface area contributed by atoms with E-state index >= 15 is 0 Å². The molecule has 3 heterocycles. The first kappa shape index (κ1) is 13.7. The molecule has 4 rings (SSSR count). The summed E-state index contributed by atoms with van der Waals surface area (Å²) in [5.41, 5.74) is 2.15. The van der Waals surface area contributed by atoms with Gasteiger partial charge < -0.3 is 4.90 Å². The van der Waals surface area contributed by atoms with Gasteiger partial charge >= 0.3 is 0 Å². The van der Waals surface area contributed by atoms with Gasteiger partial charge in [0, 0.05) is 13.1 Å². The van der Waals surface area contributed by atoms with Crippen molar-refractivity contribution in [2.24, 2.45) is 0 Å². The fraction of sp³-hybridized carbons (Fsp3) is 0.312. The third-order valence-electron chi connectivity index (χ3n) is 4.35. The Morgan fingerprint density at radius 1 is 1.09 bits per heavy atom. The number of rotatable bonds is 2. The molecule has 0 bridgehead atoms. The SMILES string of the molecule is Brc1[nH]nc2ncnc(N3CCC(c4ccccc4)CC3)c12. The first-order valence-electron chi connectivity index (χ1n) is 7.47. The molecule has 1 aliphatic heterocycles. The van der Waals surface area contributed by atoms with E-state index in [2.05, 4.69) is 71.3 Å². The van der Waals surface area contributed by atoms with Gasteiger partial charge in [0.2, 0.25) is 0 Å². The van der Waals surface area contributed by atoms with Gasteiger partial charge in [0.15, 0.2) is 5.65 Å². The zero-order chi connectivity index (χ0) is 14.9. The Labute approximate surface area is 136 Å². The molecule has 0 unspecified atom stereocenters. The maximum absolute atomic E-state index is 4.49. The zero-order valence-corrected chi connectivity index (χ0v) is 13.6. The molecule has 0 radical (unpaired) electrons. The first-order valence-corrected chi connectivity index (χ1v) is 8.26. The van der Waals surface area contributed by atoms with Crippen LogP contribution in [-0.4, -0.2) is 33.3 Å². The highest BCUT2D eigenvalue weighted by Gasteiger charge is 2.24. The predicted molar refractivity (Wildman–Crippen MR) is 90.0 cm³/mol. The molecule has 0 saturated carbocycles. The van der Waals surface area contributed by atoms with Crippen LogP contribution >= 0.6 is 15.9 Å². The number of piperidine rings is 1. The van der Waals surface area contributed by atoms with Gasteiger partial charge in [-0.05, 0) is 40.3 Å². The quantitative estimate of drug-likeness (QED) is 0.762. The highest BCUT2D eigenvalue weighted by atomic mass is 79.9. The highest BCUT2D eigenvalue weighted by molar-refractivity contribution is 9.10. The number of halogens is 1. The molecule has 0 amide bonds. The van der Waals surface area contributed by atoms with Crippen LogP contribution in [0.5, 0.6) is 0 Å². The molecule has 6 heteroatoms. The van der Waals surface area contributed by atoms with Crippen molar-refractivity contribution in [3.05, 3.63) is 46.8 Å². The Hall–Kier alpha value is -1.95. The second kappa shape index (κ2) is 5.68. The van der Waals surface area contributed by atoms with Crippen LogP contribution in [-0.2, 0) is 0 Å². The fourth-order valence-electron chi connectivity index (χ4n) is 3.20. The van der Waals surface area contributed by atoms with Crippen molar-refractivity contribution in [1.82, 2.24) is 20.2 Å². The molecule has 0 aliphatic carbocycles. The van der Waals surface area contributed by atoms with Crippen molar-refractivity contribution in [2.75, 3.05) is 18.0 Å². The molecule has 1 aliphatic rings. The minimum atomic E-state index is 0.641. The molecule has 1 aromatic carbocycles. The molecular formula is C16H16BrN5. The molecule has 1 fully saturated rings. The summed E-state index contributed by atoms with van der Waals surface area (Å²) in [7, 11) is 0. The number of aromatic amines is 1.